The third-order valence-corrected chi connectivity index (χ3v) is 5.50. The van der Waals surface area contributed by atoms with Gasteiger partial charge in [0.2, 0.25) is 5.03 Å². The van der Waals surface area contributed by atoms with Gasteiger partial charge in [-0.05, 0) is 12.5 Å². The molecule has 2 atom stereocenters. The highest BCUT2D eigenvalue weighted by molar-refractivity contribution is 7.89. The molecule has 2 heterocycles. The van der Waals surface area contributed by atoms with E-state index in [1.165, 1.54) is 15.3 Å². The van der Waals surface area contributed by atoms with Crippen molar-refractivity contribution in [2.24, 2.45) is 0 Å². The predicted octanol–water partition coefficient (Wildman–Crippen LogP) is 1.77. The van der Waals surface area contributed by atoms with Gasteiger partial charge < -0.3 is 0 Å². The summed E-state index contributed by atoms with van der Waals surface area (Å²) < 4.78 is 40.5. The van der Waals surface area contributed by atoms with Crippen LogP contribution in [0.4, 0.5) is 4.39 Å². The minimum atomic E-state index is -3.86. The highest BCUT2D eigenvalue weighted by Crippen LogP contribution is 2.37. The molecule has 1 aliphatic rings. The van der Waals surface area contributed by atoms with Gasteiger partial charge in [-0.15, -0.1) is 5.10 Å². The lowest BCUT2D eigenvalue weighted by atomic mass is 10.1. The second kappa shape index (κ2) is 5.77. The van der Waals surface area contributed by atoms with Gasteiger partial charge in [0, 0.05) is 13.0 Å². The lowest BCUT2D eigenvalue weighted by Crippen LogP contribution is -2.32. The van der Waals surface area contributed by atoms with E-state index in [1.54, 1.807) is 0 Å². The van der Waals surface area contributed by atoms with Gasteiger partial charge in [-0.2, -0.15) is 14.2 Å². The molecule has 0 saturated carbocycles. The van der Waals surface area contributed by atoms with Crippen LogP contribution >= 0.6 is 0 Å². The number of alkyl halides is 1. The van der Waals surface area contributed by atoms with Gasteiger partial charge in [-0.3, -0.25) is 0 Å². The van der Waals surface area contributed by atoms with Gasteiger partial charge in [0.25, 0.3) is 10.0 Å². The Morgan fingerprint density at radius 2 is 2.05 bits per heavy atom. The molecule has 6 nitrogen and oxygen atoms in total. The average Bonchev–Trinajstić information content (AvgIpc) is 3.15. The molecule has 1 aromatic carbocycles. The van der Waals surface area contributed by atoms with Crippen LogP contribution in [0.5, 0.6) is 0 Å². The molecule has 1 fully saturated rings. The molecule has 0 N–H and O–H groups in total. The van der Waals surface area contributed by atoms with Crippen LogP contribution in [0, 0.1) is 0 Å². The Balaban J connectivity index is 1.97. The molecule has 1 saturated heterocycles. The Kier molecular flexibility index (Phi) is 3.96. The molecule has 1 aromatic heterocycles. The number of benzene rings is 1. The first-order valence-electron chi connectivity index (χ1n) is 7.13. The fraction of sp³-hybridized carbons (Fsp3) is 0.429. The molecular weight excluding hydrogens is 307 g/mol. The number of hydrogen-bond donors (Lipinski definition) is 0. The van der Waals surface area contributed by atoms with Crippen LogP contribution in [0.3, 0.4) is 0 Å². The standard InChI is InChI=1S/C14H17FN4O2S/c1-2-19-16-9-14(17-19)22(20,21)18-10-12(15)8-13(18)11-6-4-3-5-7-11/h3-7,9,12-13H,2,8,10H2,1H3. The van der Waals surface area contributed by atoms with E-state index >= 15 is 0 Å². The number of aromatic nitrogens is 3. The zero-order chi connectivity index (χ0) is 15.7. The van der Waals surface area contributed by atoms with E-state index < -0.39 is 22.2 Å². The van der Waals surface area contributed by atoms with Gasteiger partial charge in [0.1, 0.15) is 6.17 Å². The monoisotopic (exact) mass is 324 g/mol. The average molecular weight is 324 g/mol. The summed E-state index contributed by atoms with van der Waals surface area (Å²) in [5.74, 6) is 0. The van der Waals surface area contributed by atoms with Crippen molar-refractivity contribution in [3.8, 4) is 0 Å². The van der Waals surface area contributed by atoms with Crippen LogP contribution in [0.1, 0.15) is 24.9 Å². The number of nitrogens with zero attached hydrogens (tertiary/aromatic N) is 4. The summed E-state index contributed by atoms with van der Waals surface area (Å²) in [7, 11) is -3.86. The minimum Gasteiger partial charge on any atom is -0.246 e. The summed E-state index contributed by atoms with van der Waals surface area (Å²) in [6.07, 6.45) is 0.193. The lowest BCUT2D eigenvalue weighted by Gasteiger charge is -2.22. The number of sulfonamides is 1. The molecule has 22 heavy (non-hydrogen) atoms. The molecule has 0 bridgehead atoms. The van der Waals surface area contributed by atoms with Crippen molar-refractivity contribution in [1.29, 1.82) is 0 Å². The first kappa shape index (κ1) is 15.1. The zero-order valence-electron chi connectivity index (χ0n) is 12.1. The van der Waals surface area contributed by atoms with Gasteiger partial charge in [-0.1, -0.05) is 30.3 Å². The number of rotatable bonds is 4. The summed E-state index contributed by atoms with van der Waals surface area (Å²) in [6.45, 7) is 2.14. The number of hydrogen-bond acceptors (Lipinski definition) is 4. The SMILES string of the molecule is CCn1ncc(S(=O)(=O)N2CC(F)CC2c2ccccc2)n1. The summed E-state index contributed by atoms with van der Waals surface area (Å²) in [4.78, 5) is 1.30. The van der Waals surface area contributed by atoms with E-state index in [0.717, 1.165) is 5.56 Å². The molecule has 118 valence electrons. The fourth-order valence-electron chi connectivity index (χ4n) is 2.67. The van der Waals surface area contributed by atoms with Gasteiger partial charge >= 0.3 is 0 Å². The van der Waals surface area contributed by atoms with Crippen LogP contribution in [0.25, 0.3) is 0 Å². The number of aryl methyl sites for hydroxylation is 1. The predicted molar refractivity (Wildman–Crippen MR) is 78.3 cm³/mol. The van der Waals surface area contributed by atoms with Crippen molar-refractivity contribution in [2.75, 3.05) is 6.54 Å². The smallest absolute Gasteiger partial charge is 0.246 e. The van der Waals surface area contributed by atoms with Gasteiger partial charge in [-0.25, -0.2) is 12.8 Å². The largest absolute Gasteiger partial charge is 0.264 e. The maximum atomic E-state index is 13.9. The van der Waals surface area contributed by atoms with E-state index in [-0.39, 0.29) is 18.0 Å². The van der Waals surface area contributed by atoms with Crippen LogP contribution in [-0.2, 0) is 16.6 Å². The first-order valence-corrected chi connectivity index (χ1v) is 8.57. The highest BCUT2D eigenvalue weighted by Gasteiger charge is 2.42. The van der Waals surface area contributed by atoms with Crippen molar-refractivity contribution in [3.05, 3.63) is 42.1 Å². The normalized spacial score (nSPS) is 23.0. The maximum absolute atomic E-state index is 13.9. The molecular formula is C14H17FN4O2S. The quantitative estimate of drug-likeness (QED) is 0.859. The highest BCUT2D eigenvalue weighted by atomic mass is 32.2. The summed E-state index contributed by atoms with van der Waals surface area (Å²) >= 11 is 0. The third kappa shape index (κ3) is 2.64. The lowest BCUT2D eigenvalue weighted by molar-refractivity contribution is 0.342. The van der Waals surface area contributed by atoms with E-state index in [4.69, 9.17) is 0 Å². The van der Waals surface area contributed by atoms with Crippen molar-refractivity contribution >= 4 is 10.0 Å². The Bertz CT molecular complexity index is 747. The Labute approximate surface area is 128 Å². The molecule has 0 amide bonds. The summed E-state index contributed by atoms with van der Waals surface area (Å²) in [5.41, 5.74) is 0.786. The summed E-state index contributed by atoms with van der Waals surface area (Å²) in [6, 6.07) is 8.60. The topological polar surface area (TPSA) is 68.1 Å². The van der Waals surface area contributed by atoms with Crippen LogP contribution in [0.2, 0.25) is 0 Å². The maximum Gasteiger partial charge on any atom is 0.264 e. The van der Waals surface area contributed by atoms with Crippen LogP contribution in [0.15, 0.2) is 41.6 Å². The molecule has 2 aromatic rings. The van der Waals surface area contributed by atoms with Gasteiger partial charge in [0.15, 0.2) is 0 Å². The second-order valence-corrected chi connectivity index (χ2v) is 7.04. The molecule has 0 radical (unpaired) electrons. The fourth-order valence-corrected chi connectivity index (χ4v) is 4.19. The van der Waals surface area contributed by atoms with E-state index in [9.17, 15) is 12.8 Å². The molecule has 8 heteroatoms. The molecule has 1 aliphatic heterocycles. The number of halogens is 1. The Morgan fingerprint density at radius 3 is 2.68 bits per heavy atom. The van der Waals surface area contributed by atoms with E-state index in [0.29, 0.717) is 6.54 Å². The molecule has 0 aliphatic carbocycles. The zero-order valence-corrected chi connectivity index (χ0v) is 12.9. The minimum absolute atomic E-state index is 0.135. The Morgan fingerprint density at radius 1 is 1.32 bits per heavy atom. The van der Waals surface area contributed by atoms with Gasteiger partial charge in [0.05, 0.1) is 18.8 Å². The third-order valence-electron chi connectivity index (χ3n) is 3.76. The van der Waals surface area contributed by atoms with Crippen molar-refractivity contribution in [2.45, 2.75) is 37.1 Å². The van der Waals surface area contributed by atoms with Crippen molar-refractivity contribution in [3.63, 3.8) is 0 Å². The second-order valence-electron chi connectivity index (χ2n) is 5.21. The van der Waals surface area contributed by atoms with Crippen molar-refractivity contribution < 1.29 is 12.8 Å². The summed E-state index contributed by atoms with van der Waals surface area (Å²) in [5, 5.41) is 7.71. The van der Waals surface area contributed by atoms with Crippen LogP contribution < -0.4 is 0 Å². The van der Waals surface area contributed by atoms with E-state index in [1.807, 2.05) is 37.3 Å². The molecule has 2 unspecified atom stereocenters. The van der Waals surface area contributed by atoms with Crippen molar-refractivity contribution in [1.82, 2.24) is 19.3 Å². The first-order chi connectivity index (χ1) is 10.5. The Hall–Kier alpha value is -1.80. The van der Waals surface area contributed by atoms with Crippen LogP contribution in [-0.4, -0.2) is 40.4 Å². The molecule has 0 spiro atoms. The van der Waals surface area contributed by atoms with E-state index in [2.05, 4.69) is 10.2 Å². The molecule has 3 rings (SSSR count).